The fourth-order valence-corrected chi connectivity index (χ4v) is 1.71. The number of benzene rings is 2. The molecule has 0 aliphatic carbocycles. The predicted octanol–water partition coefficient (Wildman–Crippen LogP) is 3.94. The summed E-state index contributed by atoms with van der Waals surface area (Å²) in [4.78, 5) is 11.8. The smallest absolute Gasteiger partial charge is 0.287 e. The van der Waals surface area contributed by atoms with Crippen LogP contribution in [0.4, 0.5) is 11.4 Å². The lowest BCUT2D eigenvalue weighted by molar-refractivity contribution is -0.110. The molecular weight excluding hydrogens is 297 g/mol. The number of amides is 1. The zero-order chi connectivity index (χ0) is 14.4. The van der Waals surface area contributed by atoms with Gasteiger partial charge in [0.05, 0.1) is 5.69 Å². The van der Waals surface area contributed by atoms with Crippen LogP contribution in [0, 0.1) is 0 Å². The normalized spacial score (nSPS) is 11.0. The molecule has 102 valence electrons. The zero-order valence-corrected chi connectivity index (χ0v) is 11.8. The highest BCUT2D eigenvalue weighted by atomic mass is 35.5. The summed E-state index contributed by atoms with van der Waals surface area (Å²) in [7, 11) is 0. The van der Waals surface area contributed by atoms with Crippen LogP contribution in [0.15, 0.2) is 59.7 Å². The molecule has 2 aromatic rings. The predicted molar refractivity (Wildman–Crippen MR) is 83.4 cm³/mol. The fraction of sp³-hybridized carbons (Fsp3) is 0. The maximum atomic E-state index is 11.8. The SMILES string of the molecule is O=C(Nc1cccc(Cl)c1)/C(Cl)=N/Nc1ccccc1. The van der Waals surface area contributed by atoms with E-state index < -0.39 is 5.91 Å². The third-order valence-corrected chi connectivity index (χ3v) is 2.82. The van der Waals surface area contributed by atoms with E-state index in [-0.39, 0.29) is 5.17 Å². The van der Waals surface area contributed by atoms with Gasteiger partial charge in [-0.3, -0.25) is 10.2 Å². The minimum absolute atomic E-state index is 0.200. The van der Waals surface area contributed by atoms with Crippen molar-refractivity contribution in [1.29, 1.82) is 0 Å². The number of nitrogens with one attached hydrogen (secondary N) is 2. The summed E-state index contributed by atoms with van der Waals surface area (Å²) in [6, 6.07) is 15.9. The standard InChI is InChI=1S/C14H11Cl2N3O/c15-10-5-4-8-12(9-10)17-14(20)13(16)19-18-11-6-2-1-3-7-11/h1-9,18H,(H,17,20)/b19-13-. The summed E-state index contributed by atoms with van der Waals surface area (Å²) in [6.07, 6.45) is 0. The van der Waals surface area contributed by atoms with Crippen LogP contribution < -0.4 is 10.7 Å². The Morgan fingerprint density at radius 3 is 2.40 bits per heavy atom. The molecule has 0 aliphatic heterocycles. The fourth-order valence-electron chi connectivity index (χ4n) is 1.43. The number of hydrogen-bond acceptors (Lipinski definition) is 3. The van der Waals surface area contributed by atoms with E-state index in [1.165, 1.54) is 0 Å². The highest BCUT2D eigenvalue weighted by molar-refractivity contribution is 6.84. The van der Waals surface area contributed by atoms with E-state index in [2.05, 4.69) is 15.8 Å². The molecule has 0 spiro atoms. The average Bonchev–Trinajstić information content (AvgIpc) is 2.46. The quantitative estimate of drug-likeness (QED) is 0.664. The molecule has 0 saturated carbocycles. The van der Waals surface area contributed by atoms with Crippen molar-refractivity contribution in [2.45, 2.75) is 0 Å². The number of nitrogens with zero attached hydrogens (tertiary/aromatic N) is 1. The molecule has 0 atom stereocenters. The molecule has 0 fully saturated rings. The lowest BCUT2D eigenvalue weighted by Gasteiger charge is -2.04. The van der Waals surface area contributed by atoms with Gasteiger partial charge in [-0.25, -0.2) is 0 Å². The van der Waals surface area contributed by atoms with Gasteiger partial charge in [0.2, 0.25) is 5.17 Å². The van der Waals surface area contributed by atoms with E-state index in [1.807, 2.05) is 30.3 Å². The molecule has 0 aliphatic rings. The van der Waals surface area contributed by atoms with Crippen molar-refractivity contribution in [3.63, 3.8) is 0 Å². The minimum Gasteiger partial charge on any atom is -0.320 e. The van der Waals surface area contributed by atoms with E-state index in [1.54, 1.807) is 24.3 Å². The summed E-state index contributed by atoms with van der Waals surface area (Å²) >= 11 is 11.6. The first-order valence-electron chi connectivity index (χ1n) is 5.76. The highest BCUT2D eigenvalue weighted by Crippen LogP contribution is 2.15. The number of halogens is 2. The van der Waals surface area contributed by atoms with Gasteiger partial charge in [0, 0.05) is 10.7 Å². The summed E-state index contributed by atoms with van der Waals surface area (Å²) < 4.78 is 0. The van der Waals surface area contributed by atoms with Crippen molar-refractivity contribution in [3.8, 4) is 0 Å². The number of para-hydroxylation sites is 1. The Hall–Kier alpha value is -2.04. The van der Waals surface area contributed by atoms with Gasteiger partial charge in [0.1, 0.15) is 0 Å². The van der Waals surface area contributed by atoms with E-state index in [9.17, 15) is 4.79 Å². The Bertz CT molecular complexity index is 629. The number of hydrogen-bond donors (Lipinski definition) is 2. The van der Waals surface area contributed by atoms with E-state index in [4.69, 9.17) is 23.2 Å². The highest BCUT2D eigenvalue weighted by Gasteiger charge is 2.09. The lowest BCUT2D eigenvalue weighted by atomic mass is 10.3. The summed E-state index contributed by atoms with van der Waals surface area (Å²) in [6.45, 7) is 0. The van der Waals surface area contributed by atoms with Gasteiger partial charge >= 0.3 is 0 Å². The molecule has 20 heavy (non-hydrogen) atoms. The van der Waals surface area contributed by atoms with Gasteiger partial charge in [-0.15, -0.1) is 0 Å². The van der Waals surface area contributed by atoms with E-state index in [0.29, 0.717) is 10.7 Å². The molecule has 6 heteroatoms. The molecule has 1 amide bonds. The molecule has 0 unspecified atom stereocenters. The first kappa shape index (κ1) is 14.4. The molecule has 0 heterocycles. The molecule has 0 saturated heterocycles. The second kappa shape index (κ2) is 6.93. The van der Waals surface area contributed by atoms with Crippen LogP contribution in [0.2, 0.25) is 5.02 Å². The molecule has 0 aromatic heterocycles. The van der Waals surface area contributed by atoms with Crippen LogP contribution in [-0.2, 0) is 4.79 Å². The Labute approximate surface area is 126 Å². The molecule has 4 nitrogen and oxygen atoms in total. The third-order valence-electron chi connectivity index (χ3n) is 2.33. The second-order valence-corrected chi connectivity index (χ2v) is 4.64. The zero-order valence-electron chi connectivity index (χ0n) is 10.3. The molecule has 2 rings (SSSR count). The Morgan fingerprint density at radius 1 is 1.00 bits per heavy atom. The molecule has 0 radical (unpaired) electrons. The van der Waals surface area contributed by atoms with Crippen molar-refractivity contribution >= 4 is 45.7 Å². The van der Waals surface area contributed by atoms with Gasteiger partial charge in [-0.1, -0.05) is 47.5 Å². The first-order chi connectivity index (χ1) is 9.65. The Kier molecular flexibility index (Phi) is 4.98. The number of rotatable bonds is 4. The molecule has 2 aromatic carbocycles. The largest absolute Gasteiger partial charge is 0.320 e. The van der Waals surface area contributed by atoms with Crippen molar-refractivity contribution in [2.75, 3.05) is 10.7 Å². The van der Waals surface area contributed by atoms with Gasteiger partial charge < -0.3 is 5.32 Å². The number of hydrazone groups is 1. The van der Waals surface area contributed by atoms with Crippen LogP contribution in [0.5, 0.6) is 0 Å². The Morgan fingerprint density at radius 2 is 1.70 bits per heavy atom. The third kappa shape index (κ3) is 4.26. The number of carbonyl (C=O) groups is 1. The lowest BCUT2D eigenvalue weighted by Crippen LogP contribution is -2.19. The van der Waals surface area contributed by atoms with Crippen molar-refractivity contribution in [2.24, 2.45) is 5.10 Å². The van der Waals surface area contributed by atoms with Crippen molar-refractivity contribution < 1.29 is 4.79 Å². The number of carbonyl (C=O) groups excluding carboxylic acids is 1. The molecule has 0 bridgehead atoms. The van der Waals surface area contributed by atoms with Gasteiger partial charge in [-0.2, -0.15) is 5.10 Å². The maximum Gasteiger partial charge on any atom is 0.287 e. The topological polar surface area (TPSA) is 53.5 Å². The summed E-state index contributed by atoms with van der Waals surface area (Å²) in [5.74, 6) is -0.516. The maximum absolute atomic E-state index is 11.8. The minimum atomic E-state index is -0.516. The number of anilines is 2. The van der Waals surface area contributed by atoms with Gasteiger partial charge in [-0.05, 0) is 30.3 Å². The van der Waals surface area contributed by atoms with Crippen molar-refractivity contribution in [3.05, 3.63) is 59.6 Å². The first-order valence-corrected chi connectivity index (χ1v) is 6.52. The molecular formula is C14H11Cl2N3O. The van der Waals surface area contributed by atoms with Crippen LogP contribution >= 0.6 is 23.2 Å². The van der Waals surface area contributed by atoms with Crippen molar-refractivity contribution in [1.82, 2.24) is 0 Å². The molecule has 2 N–H and O–H groups in total. The second-order valence-electron chi connectivity index (χ2n) is 3.84. The van der Waals surface area contributed by atoms with E-state index in [0.717, 1.165) is 5.69 Å². The van der Waals surface area contributed by atoms with Crippen LogP contribution in [0.1, 0.15) is 0 Å². The van der Waals surface area contributed by atoms with Gasteiger partial charge in [0.15, 0.2) is 0 Å². The van der Waals surface area contributed by atoms with Gasteiger partial charge in [0.25, 0.3) is 5.91 Å². The summed E-state index contributed by atoms with van der Waals surface area (Å²) in [5.41, 5.74) is 3.98. The van der Waals surface area contributed by atoms with E-state index >= 15 is 0 Å². The van der Waals surface area contributed by atoms with Crippen LogP contribution in [-0.4, -0.2) is 11.1 Å². The Balaban J connectivity index is 1.98. The average molecular weight is 308 g/mol. The monoisotopic (exact) mass is 307 g/mol. The van der Waals surface area contributed by atoms with Crippen LogP contribution in [0.3, 0.4) is 0 Å². The van der Waals surface area contributed by atoms with Crippen LogP contribution in [0.25, 0.3) is 0 Å². The summed E-state index contributed by atoms with van der Waals surface area (Å²) in [5, 5.41) is 6.72.